The standard InChI is InChI=1S/C23H18N4O2/c28-20-10-13-27-21-18(20)2-1-3-19(21)26-22(27)16-4-6-17(7-5-16)23(29)25-14-15-8-11-24-12-9-15/h1-9,11-12H,10,13-14H2,(H,25,29). The second kappa shape index (κ2) is 6.98. The van der Waals surface area contributed by atoms with Crippen LogP contribution in [0.25, 0.3) is 22.4 Å². The molecule has 6 nitrogen and oxygen atoms in total. The van der Waals surface area contributed by atoms with E-state index in [1.807, 2.05) is 42.5 Å². The van der Waals surface area contributed by atoms with Gasteiger partial charge >= 0.3 is 0 Å². The number of aromatic nitrogens is 3. The molecule has 0 spiro atoms. The van der Waals surface area contributed by atoms with Crippen LogP contribution >= 0.6 is 0 Å². The maximum Gasteiger partial charge on any atom is 0.251 e. The van der Waals surface area contributed by atoms with Gasteiger partial charge in [-0.3, -0.25) is 14.6 Å². The quantitative estimate of drug-likeness (QED) is 0.585. The maximum atomic E-state index is 12.4. The molecule has 2 aromatic carbocycles. The lowest BCUT2D eigenvalue weighted by molar-refractivity contribution is 0.0948. The number of carbonyl (C=O) groups is 2. The molecule has 4 aromatic rings. The van der Waals surface area contributed by atoms with Crippen molar-refractivity contribution in [2.45, 2.75) is 19.5 Å². The highest BCUT2D eigenvalue weighted by atomic mass is 16.1. The van der Waals surface area contributed by atoms with Gasteiger partial charge in [0.15, 0.2) is 5.78 Å². The number of hydrogen-bond acceptors (Lipinski definition) is 4. The van der Waals surface area contributed by atoms with Gasteiger partial charge in [-0.2, -0.15) is 0 Å². The van der Waals surface area contributed by atoms with Crippen LogP contribution in [0.5, 0.6) is 0 Å². The van der Waals surface area contributed by atoms with E-state index in [4.69, 9.17) is 4.98 Å². The van der Waals surface area contributed by atoms with Gasteiger partial charge in [-0.15, -0.1) is 0 Å². The zero-order valence-corrected chi connectivity index (χ0v) is 15.6. The Morgan fingerprint density at radius 2 is 1.83 bits per heavy atom. The molecular weight excluding hydrogens is 364 g/mol. The first-order chi connectivity index (χ1) is 14.2. The third kappa shape index (κ3) is 3.08. The minimum absolute atomic E-state index is 0.129. The number of benzene rings is 2. The molecular formula is C23H18N4O2. The van der Waals surface area contributed by atoms with Crippen molar-refractivity contribution >= 4 is 22.7 Å². The Morgan fingerprint density at radius 3 is 2.62 bits per heavy atom. The molecule has 0 saturated heterocycles. The average Bonchev–Trinajstić information content (AvgIpc) is 3.15. The van der Waals surface area contributed by atoms with Gasteiger partial charge in [0, 0.05) is 48.6 Å². The van der Waals surface area contributed by atoms with Crippen LogP contribution in [-0.2, 0) is 13.1 Å². The maximum absolute atomic E-state index is 12.4. The number of carbonyl (C=O) groups excluding carboxylic acids is 2. The third-order valence-electron chi connectivity index (χ3n) is 5.24. The summed E-state index contributed by atoms with van der Waals surface area (Å²) in [5, 5.41) is 2.91. The van der Waals surface area contributed by atoms with Gasteiger partial charge in [-0.05, 0) is 42.0 Å². The van der Waals surface area contributed by atoms with Crippen LogP contribution in [0.15, 0.2) is 67.0 Å². The van der Waals surface area contributed by atoms with Crippen molar-refractivity contribution < 1.29 is 9.59 Å². The van der Waals surface area contributed by atoms with Gasteiger partial charge in [0.05, 0.1) is 11.0 Å². The van der Waals surface area contributed by atoms with E-state index in [0.29, 0.717) is 25.1 Å². The number of ketones is 1. The molecule has 0 aliphatic carbocycles. The summed E-state index contributed by atoms with van der Waals surface area (Å²) in [6.07, 6.45) is 3.89. The molecule has 2 aromatic heterocycles. The van der Waals surface area contributed by atoms with Crippen LogP contribution in [0.1, 0.15) is 32.7 Å². The van der Waals surface area contributed by atoms with Crippen molar-refractivity contribution in [3.05, 3.63) is 83.7 Å². The minimum Gasteiger partial charge on any atom is -0.348 e. The lowest BCUT2D eigenvalue weighted by atomic mass is 10.0. The Morgan fingerprint density at radius 1 is 1.03 bits per heavy atom. The van der Waals surface area contributed by atoms with E-state index in [9.17, 15) is 9.59 Å². The molecule has 0 fully saturated rings. The van der Waals surface area contributed by atoms with Crippen molar-refractivity contribution in [3.8, 4) is 11.4 Å². The smallest absolute Gasteiger partial charge is 0.251 e. The average molecular weight is 382 g/mol. The van der Waals surface area contributed by atoms with E-state index in [1.165, 1.54) is 0 Å². The molecule has 1 N–H and O–H groups in total. The van der Waals surface area contributed by atoms with E-state index in [1.54, 1.807) is 24.5 Å². The van der Waals surface area contributed by atoms with Gasteiger partial charge in [0.2, 0.25) is 0 Å². The summed E-state index contributed by atoms with van der Waals surface area (Å²) in [4.78, 5) is 33.4. The van der Waals surface area contributed by atoms with E-state index in [2.05, 4.69) is 14.9 Å². The summed E-state index contributed by atoms with van der Waals surface area (Å²) >= 11 is 0. The van der Waals surface area contributed by atoms with Crippen LogP contribution in [0, 0.1) is 0 Å². The first-order valence-corrected chi connectivity index (χ1v) is 9.51. The number of rotatable bonds is 4. The number of nitrogens with zero attached hydrogens (tertiary/aromatic N) is 3. The van der Waals surface area contributed by atoms with Crippen molar-refractivity contribution in [1.29, 1.82) is 0 Å². The van der Waals surface area contributed by atoms with Gasteiger partial charge in [0.1, 0.15) is 5.82 Å². The summed E-state index contributed by atoms with van der Waals surface area (Å²) in [7, 11) is 0. The fourth-order valence-corrected chi connectivity index (χ4v) is 3.75. The van der Waals surface area contributed by atoms with Gasteiger partial charge < -0.3 is 9.88 Å². The predicted octanol–water partition coefficient (Wildman–Crippen LogP) is 3.61. The summed E-state index contributed by atoms with van der Waals surface area (Å²) in [5.41, 5.74) is 4.97. The number of imidazole rings is 1. The topological polar surface area (TPSA) is 76.9 Å². The Balaban J connectivity index is 1.41. The number of amides is 1. The summed E-state index contributed by atoms with van der Waals surface area (Å²) < 4.78 is 2.10. The molecule has 1 aliphatic heterocycles. The zero-order valence-electron chi connectivity index (χ0n) is 15.6. The van der Waals surface area contributed by atoms with Crippen molar-refractivity contribution in [3.63, 3.8) is 0 Å². The Hall–Kier alpha value is -3.80. The third-order valence-corrected chi connectivity index (χ3v) is 5.24. The van der Waals surface area contributed by atoms with E-state index in [-0.39, 0.29) is 11.7 Å². The van der Waals surface area contributed by atoms with Gasteiger partial charge in [-0.25, -0.2) is 4.98 Å². The SMILES string of the molecule is O=C(NCc1ccncc1)c1ccc(-c2nc3cccc4c3n2CCC4=O)cc1. The van der Waals surface area contributed by atoms with Gasteiger partial charge in [0.25, 0.3) is 5.91 Å². The summed E-state index contributed by atoms with van der Waals surface area (Å²) in [6, 6.07) is 16.8. The molecule has 29 heavy (non-hydrogen) atoms. The number of aryl methyl sites for hydroxylation is 1. The molecule has 3 heterocycles. The Kier molecular flexibility index (Phi) is 4.17. The molecule has 0 unspecified atom stereocenters. The number of nitrogens with one attached hydrogen (secondary N) is 1. The first-order valence-electron chi connectivity index (χ1n) is 9.51. The number of pyridine rings is 1. The fraction of sp³-hybridized carbons (Fsp3) is 0.130. The highest BCUT2D eigenvalue weighted by Crippen LogP contribution is 2.31. The second-order valence-corrected chi connectivity index (χ2v) is 7.05. The van der Waals surface area contributed by atoms with Crippen molar-refractivity contribution in [2.24, 2.45) is 0 Å². The fourth-order valence-electron chi connectivity index (χ4n) is 3.75. The zero-order chi connectivity index (χ0) is 19.8. The van der Waals surface area contributed by atoms with Crippen molar-refractivity contribution in [1.82, 2.24) is 19.9 Å². The number of para-hydroxylation sites is 1. The Labute approximate surface area is 167 Å². The summed E-state index contributed by atoms with van der Waals surface area (Å²) in [6.45, 7) is 1.07. The molecule has 0 bridgehead atoms. The van der Waals surface area contributed by atoms with Gasteiger partial charge in [-0.1, -0.05) is 18.2 Å². The molecule has 0 radical (unpaired) electrons. The van der Waals surface area contributed by atoms with E-state index in [0.717, 1.165) is 33.5 Å². The van der Waals surface area contributed by atoms with Crippen molar-refractivity contribution in [2.75, 3.05) is 0 Å². The summed E-state index contributed by atoms with van der Waals surface area (Å²) in [5.74, 6) is 0.857. The molecule has 1 aliphatic rings. The Bertz CT molecular complexity index is 1230. The molecule has 1 amide bonds. The molecule has 0 atom stereocenters. The molecule has 0 saturated carbocycles. The molecule has 6 heteroatoms. The first kappa shape index (κ1) is 17.3. The highest BCUT2D eigenvalue weighted by molar-refractivity contribution is 6.08. The van der Waals surface area contributed by atoms with Crippen LogP contribution in [0.2, 0.25) is 0 Å². The monoisotopic (exact) mass is 382 g/mol. The normalized spacial score (nSPS) is 12.9. The highest BCUT2D eigenvalue weighted by Gasteiger charge is 2.23. The lowest BCUT2D eigenvalue weighted by Gasteiger charge is -2.15. The number of hydrogen-bond donors (Lipinski definition) is 1. The van der Waals surface area contributed by atoms with Crippen LogP contribution in [0.3, 0.4) is 0 Å². The minimum atomic E-state index is -0.129. The molecule has 142 valence electrons. The number of Topliss-reactive ketones (excluding diaryl/α,β-unsaturated/α-hetero) is 1. The second-order valence-electron chi connectivity index (χ2n) is 7.05. The largest absolute Gasteiger partial charge is 0.348 e. The van der Waals surface area contributed by atoms with E-state index >= 15 is 0 Å². The molecule has 5 rings (SSSR count). The predicted molar refractivity (Wildman–Crippen MR) is 110 cm³/mol. The van der Waals surface area contributed by atoms with Crippen LogP contribution in [-0.4, -0.2) is 26.2 Å². The van der Waals surface area contributed by atoms with Crippen LogP contribution < -0.4 is 5.32 Å². The van der Waals surface area contributed by atoms with E-state index < -0.39 is 0 Å². The van der Waals surface area contributed by atoms with Crippen LogP contribution in [0.4, 0.5) is 0 Å². The lowest BCUT2D eigenvalue weighted by Crippen LogP contribution is -2.22.